The minimum absolute atomic E-state index is 0.369. The van der Waals surface area contributed by atoms with Gasteiger partial charge in [-0.05, 0) is 25.0 Å². The van der Waals surface area contributed by atoms with Crippen LogP contribution in [0.5, 0.6) is 0 Å². The van der Waals surface area contributed by atoms with Gasteiger partial charge in [0.25, 0.3) is 0 Å². The van der Waals surface area contributed by atoms with Crippen LogP contribution in [0.3, 0.4) is 0 Å². The molecule has 1 N–H and O–H groups in total. The number of nitrogens with one attached hydrogen (secondary N) is 1. The van der Waals surface area contributed by atoms with E-state index in [-0.39, 0.29) is 5.97 Å². The first-order chi connectivity index (χ1) is 10.3. The lowest BCUT2D eigenvalue weighted by molar-refractivity contribution is 0.0600. The van der Waals surface area contributed by atoms with Gasteiger partial charge in [-0.2, -0.15) is 0 Å². The van der Waals surface area contributed by atoms with Crippen LogP contribution >= 0.6 is 0 Å². The highest BCUT2D eigenvalue weighted by Crippen LogP contribution is 2.19. The highest BCUT2D eigenvalue weighted by Gasteiger charge is 2.20. The number of carbonyl (C=O) groups is 1. The summed E-state index contributed by atoms with van der Waals surface area (Å²) in [4.78, 5) is 20.0. The van der Waals surface area contributed by atoms with Crippen molar-refractivity contribution in [3.63, 3.8) is 0 Å². The number of imidazole rings is 1. The van der Waals surface area contributed by atoms with Gasteiger partial charge in [0, 0.05) is 24.6 Å². The zero-order valence-corrected chi connectivity index (χ0v) is 12.0. The second kappa shape index (κ2) is 6.05. The van der Waals surface area contributed by atoms with E-state index in [4.69, 9.17) is 0 Å². The Bertz CT molecular complexity index is 617. The van der Waals surface area contributed by atoms with Gasteiger partial charge in [0.2, 0.25) is 0 Å². The van der Waals surface area contributed by atoms with Gasteiger partial charge in [0.1, 0.15) is 5.82 Å². The summed E-state index contributed by atoms with van der Waals surface area (Å²) in [5, 5.41) is 3.45. The number of esters is 1. The molecule has 0 spiro atoms. The number of nitrogens with zero attached hydrogens (tertiary/aromatic N) is 3. The summed E-state index contributed by atoms with van der Waals surface area (Å²) in [6.07, 6.45) is 7.81. The average Bonchev–Trinajstić information content (AvgIpc) is 3.25. The van der Waals surface area contributed by atoms with Crippen molar-refractivity contribution in [2.45, 2.75) is 32.0 Å². The third kappa shape index (κ3) is 3.46. The fourth-order valence-corrected chi connectivity index (χ4v) is 2.11. The van der Waals surface area contributed by atoms with Crippen LogP contribution in [0.4, 0.5) is 0 Å². The van der Waals surface area contributed by atoms with E-state index in [1.165, 1.54) is 20.0 Å². The van der Waals surface area contributed by atoms with Crippen molar-refractivity contribution in [1.82, 2.24) is 19.9 Å². The summed E-state index contributed by atoms with van der Waals surface area (Å²) in [5.74, 6) is 0.631. The Morgan fingerprint density at radius 3 is 2.95 bits per heavy atom. The third-order valence-corrected chi connectivity index (χ3v) is 3.51. The van der Waals surface area contributed by atoms with Crippen molar-refractivity contribution in [2.75, 3.05) is 7.11 Å². The molecule has 0 atom stereocenters. The first kappa shape index (κ1) is 13.8. The van der Waals surface area contributed by atoms with Crippen LogP contribution in [0, 0.1) is 0 Å². The molecule has 1 fully saturated rings. The minimum Gasteiger partial charge on any atom is -0.465 e. The lowest BCUT2D eigenvalue weighted by Gasteiger charge is -2.08. The topological polar surface area (TPSA) is 69.0 Å². The number of ether oxygens (including phenoxy) is 1. The summed E-state index contributed by atoms with van der Waals surface area (Å²) in [6, 6.07) is 4.23. The van der Waals surface area contributed by atoms with E-state index < -0.39 is 0 Å². The summed E-state index contributed by atoms with van der Waals surface area (Å²) >= 11 is 0. The lowest BCUT2D eigenvalue weighted by Crippen LogP contribution is -2.19. The van der Waals surface area contributed by atoms with E-state index in [1.807, 2.05) is 12.3 Å². The minimum atomic E-state index is -0.369. The fourth-order valence-electron chi connectivity index (χ4n) is 2.11. The van der Waals surface area contributed by atoms with Crippen molar-refractivity contribution in [1.29, 1.82) is 0 Å². The maximum atomic E-state index is 11.4. The van der Waals surface area contributed by atoms with Crippen molar-refractivity contribution < 1.29 is 9.53 Å². The molecule has 21 heavy (non-hydrogen) atoms. The van der Waals surface area contributed by atoms with Crippen LogP contribution in [-0.2, 0) is 17.8 Å². The predicted molar refractivity (Wildman–Crippen MR) is 76.8 cm³/mol. The van der Waals surface area contributed by atoms with Gasteiger partial charge in [0.15, 0.2) is 0 Å². The van der Waals surface area contributed by atoms with Gasteiger partial charge in [-0.3, -0.25) is 4.98 Å². The predicted octanol–water partition coefficient (Wildman–Crippen LogP) is 1.36. The van der Waals surface area contributed by atoms with Crippen LogP contribution < -0.4 is 5.32 Å². The number of rotatable bonds is 6. The van der Waals surface area contributed by atoms with E-state index in [0.29, 0.717) is 18.2 Å². The smallest absolute Gasteiger partial charge is 0.339 e. The van der Waals surface area contributed by atoms with Crippen molar-refractivity contribution >= 4 is 5.97 Å². The highest BCUT2D eigenvalue weighted by atomic mass is 16.5. The first-order valence-electron chi connectivity index (χ1n) is 7.03. The fraction of sp³-hybridized carbons (Fsp3) is 0.400. The number of hydrogen-bond acceptors (Lipinski definition) is 5. The standard InChI is InChI=1S/C15H18N4O2/c1-21-15(20)11-2-3-13(17-8-11)10-19-7-6-16-14(19)9-18-12-4-5-12/h2-3,6-8,12,18H,4-5,9-10H2,1H3. The molecule has 0 aliphatic heterocycles. The Labute approximate surface area is 123 Å². The van der Waals surface area contributed by atoms with Crippen LogP contribution in [0.2, 0.25) is 0 Å². The molecular weight excluding hydrogens is 268 g/mol. The summed E-state index contributed by atoms with van der Waals surface area (Å²) in [5.41, 5.74) is 1.34. The average molecular weight is 286 g/mol. The Balaban J connectivity index is 1.65. The van der Waals surface area contributed by atoms with E-state index in [9.17, 15) is 4.79 Å². The Morgan fingerprint density at radius 2 is 2.29 bits per heavy atom. The normalized spacial score (nSPS) is 14.1. The molecule has 6 heteroatoms. The van der Waals surface area contributed by atoms with Crippen molar-refractivity contribution in [2.24, 2.45) is 0 Å². The first-order valence-corrected chi connectivity index (χ1v) is 7.03. The zero-order chi connectivity index (χ0) is 14.7. The SMILES string of the molecule is COC(=O)c1ccc(Cn2ccnc2CNC2CC2)nc1. The molecule has 2 heterocycles. The van der Waals surface area contributed by atoms with E-state index >= 15 is 0 Å². The molecule has 0 aromatic carbocycles. The molecule has 0 amide bonds. The van der Waals surface area contributed by atoms with Gasteiger partial charge in [-0.1, -0.05) is 0 Å². The molecule has 0 bridgehead atoms. The zero-order valence-electron chi connectivity index (χ0n) is 12.0. The molecule has 110 valence electrons. The lowest BCUT2D eigenvalue weighted by atomic mass is 10.2. The molecule has 0 saturated heterocycles. The summed E-state index contributed by atoms with van der Waals surface area (Å²) < 4.78 is 6.72. The molecule has 0 unspecified atom stereocenters. The summed E-state index contributed by atoms with van der Waals surface area (Å²) in [6.45, 7) is 1.42. The largest absolute Gasteiger partial charge is 0.465 e. The number of hydrogen-bond donors (Lipinski definition) is 1. The third-order valence-electron chi connectivity index (χ3n) is 3.51. The molecule has 2 aromatic heterocycles. The summed E-state index contributed by atoms with van der Waals surface area (Å²) in [7, 11) is 1.36. The van der Waals surface area contributed by atoms with Gasteiger partial charge in [0.05, 0.1) is 31.5 Å². The monoisotopic (exact) mass is 286 g/mol. The van der Waals surface area contributed by atoms with Gasteiger partial charge >= 0.3 is 5.97 Å². The van der Waals surface area contributed by atoms with Gasteiger partial charge in [-0.15, -0.1) is 0 Å². The van der Waals surface area contributed by atoms with Crippen LogP contribution in [-0.4, -0.2) is 33.7 Å². The Kier molecular flexibility index (Phi) is 3.96. The molecular formula is C15H18N4O2. The molecule has 1 saturated carbocycles. The van der Waals surface area contributed by atoms with Crippen molar-refractivity contribution in [3.8, 4) is 0 Å². The molecule has 1 aliphatic carbocycles. The second-order valence-corrected chi connectivity index (χ2v) is 5.16. The molecule has 1 aliphatic rings. The van der Waals surface area contributed by atoms with E-state index in [0.717, 1.165) is 18.1 Å². The quantitative estimate of drug-likeness (QED) is 0.812. The number of aromatic nitrogens is 3. The second-order valence-electron chi connectivity index (χ2n) is 5.16. The molecule has 6 nitrogen and oxygen atoms in total. The molecule has 3 rings (SSSR count). The van der Waals surface area contributed by atoms with Crippen LogP contribution in [0.25, 0.3) is 0 Å². The molecule has 0 radical (unpaired) electrons. The van der Waals surface area contributed by atoms with Gasteiger partial charge in [-0.25, -0.2) is 9.78 Å². The molecule has 2 aromatic rings. The highest BCUT2D eigenvalue weighted by molar-refractivity contribution is 5.88. The number of carbonyl (C=O) groups excluding carboxylic acids is 1. The maximum absolute atomic E-state index is 11.4. The van der Waals surface area contributed by atoms with E-state index in [2.05, 4.69) is 24.6 Å². The van der Waals surface area contributed by atoms with Crippen LogP contribution in [0.15, 0.2) is 30.7 Å². The number of methoxy groups -OCH3 is 1. The Hall–Kier alpha value is -2.21. The van der Waals surface area contributed by atoms with E-state index in [1.54, 1.807) is 18.5 Å². The number of pyridine rings is 1. The van der Waals surface area contributed by atoms with Gasteiger partial charge < -0.3 is 14.6 Å². The van der Waals surface area contributed by atoms with Crippen LogP contribution in [0.1, 0.15) is 34.7 Å². The van der Waals surface area contributed by atoms with Crippen molar-refractivity contribution in [3.05, 3.63) is 47.8 Å². The Morgan fingerprint density at radius 1 is 1.43 bits per heavy atom. The maximum Gasteiger partial charge on any atom is 0.339 e.